The summed E-state index contributed by atoms with van der Waals surface area (Å²) in [5, 5.41) is 18.1. The third-order valence-corrected chi connectivity index (χ3v) is 4.00. The zero-order valence-electron chi connectivity index (χ0n) is 13.8. The van der Waals surface area contributed by atoms with E-state index >= 15 is 0 Å². The van der Waals surface area contributed by atoms with Crippen molar-refractivity contribution < 1.29 is 19.8 Å². The van der Waals surface area contributed by atoms with Crippen LogP contribution in [0.4, 0.5) is 0 Å². The number of hydrogen-bond donors (Lipinski definition) is 2. The highest BCUT2D eigenvalue weighted by Crippen LogP contribution is 2.26. The molecule has 0 atom stereocenters. The first-order valence-corrected chi connectivity index (χ1v) is 7.99. The van der Waals surface area contributed by atoms with Gasteiger partial charge in [-0.15, -0.1) is 0 Å². The van der Waals surface area contributed by atoms with Gasteiger partial charge in [0, 0.05) is 0 Å². The third kappa shape index (κ3) is 3.87. The Bertz CT molecular complexity index is 953. The van der Waals surface area contributed by atoms with E-state index in [-0.39, 0.29) is 11.1 Å². The Morgan fingerprint density at radius 2 is 1.00 bits per heavy atom. The fourth-order valence-corrected chi connectivity index (χ4v) is 2.63. The van der Waals surface area contributed by atoms with Crippen LogP contribution in [-0.2, 0) is 0 Å². The molecule has 3 aromatic carbocycles. The van der Waals surface area contributed by atoms with Gasteiger partial charge in [0.2, 0.25) is 0 Å². The van der Waals surface area contributed by atoms with Gasteiger partial charge in [-0.25, -0.2) is 9.59 Å². The van der Waals surface area contributed by atoms with E-state index in [1.165, 1.54) is 0 Å². The molecular formula is C22H16O4. The summed E-state index contributed by atoms with van der Waals surface area (Å²) in [5.41, 5.74) is 4.10. The normalized spacial score (nSPS) is 11.2. The highest BCUT2D eigenvalue weighted by Gasteiger charge is 2.08. The zero-order chi connectivity index (χ0) is 18.5. The van der Waals surface area contributed by atoms with Crippen molar-refractivity contribution in [2.75, 3.05) is 0 Å². The van der Waals surface area contributed by atoms with Gasteiger partial charge in [-0.2, -0.15) is 0 Å². The first kappa shape index (κ1) is 17.2. The van der Waals surface area contributed by atoms with Crippen molar-refractivity contribution in [2.24, 2.45) is 0 Å². The summed E-state index contributed by atoms with van der Waals surface area (Å²) < 4.78 is 0. The molecule has 0 aliphatic heterocycles. The summed E-state index contributed by atoms with van der Waals surface area (Å²) in [7, 11) is 0. The van der Waals surface area contributed by atoms with Gasteiger partial charge in [0.1, 0.15) is 0 Å². The molecular weight excluding hydrogens is 328 g/mol. The van der Waals surface area contributed by atoms with Gasteiger partial charge in [-0.1, -0.05) is 54.6 Å². The number of aromatic carboxylic acids is 2. The summed E-state index contributed by atoms with van der Waals surface area (Å²) in [6, 6.07) is 23.0. The van der Waals surface area contributed by atoms with Crippen molar-refractivity contribution in [3.8, 4) is 0 Å². The molecule has 0 spiro atoms. The minimum absolute atomic E-state index is 0.229. The predicted octanol–water partition coefficient (Wildman–Crippen LogP) is 4.67. The van der Waals surface area contributed by atoms with E-state index < -0.39 is 11.9 Å². The highest BCUT2D eigenvalue weighted by atomic mass is 16.4. The Morgan fingerprint density at radius 1 is 0.577 bits per heavy atom. The van der Waals surface area contributed by atoms with Crippen LogP contribution in [0.5, 0.6) is 0 Å². The van der Waals surface area contributed by atoms with E-state index in [9.17, 15) is 9.59 Å². The lowest BCUT2D eigenvalue weighted by Gasteiger charge is -2.10. The maximum Gasteiger partial charge on any atom is 0.335 e. The zero-order valence-corrected chi connectivity index (χ0v) is 13.8. The van der Waals surface area contributed by atoms with E-state index in [0.717, 1.165) is 22.3 Å². The smallest absolute Gasteiger partial charge is 0.335 e. The molecule has 3 rings (SSSR count). The van der Waals surface area contributed by atoms with Crippen LogP contribution in [0.25, 0.3) is 11.6 Å². The lowest BCUT2D eigenvalue weighted by molar-refractivity contribution is 0.0686. The molecule has 26 heavy (non-hydrogen) atoms. The van der Waals surface area contributed by atoms with Crippen LogP contribution in [0.2, 0.25) is 0 Å². The molecule has 0 amide bonds. The minimum Gasteiger partial charge on any atom is -0.478 e. The quantitative estimate of drug-likeness (QED) is 0.660. The van der Waals surface area contributed by atoms with E-state index in [0.29, 0.717) is 0 Å². The molecule has 128 valence electrons. The summed E-state index contributed by atoms with van der Waals surface area (Å²) in [4.78, 5) is 22.1. The van der Waals surface area contributed by atoms with E-state index in [4.69, 9.17) is 10.2 Å². The standard InChI is InChI=1S/C22H16O4/c23-21(24)18-8-6-15(7-9-18)14-20(16-4-2-1-3-5-16)17-10-12-19(13-11-17)22(25)26/h1-14H,(H,23,24)(H,25,26)/b20-14-. The molecule has 0 radical (unpaired) electrons. The van der Waals surface area contributed by atoms with E-state index in [1.807, 2.05) is 36.4 Å². The van der Waals surface area contributed by atoms with Crippen molar-refractivity contribution in [3.05, 3.63) is 107 Å². The topological polar surface area (TPSA) is 74.6 Å². The number of rotatable bonds is 5. The monoisotopic (exact) mass is 344 g/mol. The molecule has 0 unspecified atom stereocenters. The van der Waals surface area contributed by atoms with Gasteiger partial charge in [0.25, 0.3) is 0 Å². The predicted molar refractivity (Wildman–Crippen MR) is 100 cm³/mol. The number of carboxylic acid groups (broad SMARTS) is 2. The van der Waals surface area contributed by atoms with Crippen molar-refractivity contribution in [3.63, 3.8) is 0 Å². The molecule has 0 aromatic heterocycles. The summed E-state index contributed by atoms with van der Waals surface area (Å²) >= 11 is 0. The van der Waals surface area contributed by atoms with Crippen molar-refractivity contribution in [2.45, 2.75) is 0 Å². The largest absolute Gasteiger partial charge is 0.478 e. The second-order valence-electron chi connectivity index (χ2n) is 5.73. The molecule has 4 nitrogen and oxygen atoms in total. The van der Waals surface area contributed by atoms with Crippen LogP contribution in [0, 0.1) is 0 Å². The van der Waals surface area contributed by atoms with Crippen molar-refractivity contribution in [1.82, 2.24) is 0 Å². The molecule has 0 aliphatic carbocycles. The van der Waals surface area contributed by atoms with Crippen molar-refractivity contribution in [1.29, 1.82) is 0 Å². The van der Waals surface area contributed by atoms with Crippen LogP contribution in [0.15, 0.2) is 78.9 Å². The number of carboxylic acids is 2. The van der Waals surface area contributed by atoms with Crippen LogP contribution in [0.1, 0.15) is 37.4 Å². The van der Waals surface area contributed by atoms with Gasteiger partial charge < -0.3 is 10.2 Å². The highest BCUT2D eigenvalue weighted by molar-refractivity contribution is 5.94. The summed E-state index contributed by atoms with van der Waals surface area (Å²) in [5.74, 6) is -1.93. The number of benzene rings is 3. The summed E-state index contributed by atoms with van der Waals surface area (Å²) in [6.45, 7) is 0. The Balaban J connectivity index is 2.06. The van der Waals surface area contributed by atoms with E-state index in [1.54, 1.807) is 48.5 Å². The average Bonchev–Trinajstić information content (AvgIpc) is 2.67. The molecule has 3 aromatic rings. The summed E-state index contributed by atoms with van der Waals surface area (Å²) in [6.07, 6.45) is 1.96. The van der Waals surface area contributed by atoms with Crippen LogP contribution in [0.3, 0.4) is 0 Å². The number of carbonyl (C=O) groups is 2. The Labute approximate surface area is 150 Å². The molecule has 0 saturated carbocycles. The first-order chi connectivity index (χ1) is 12.5. The van der Waals surface area contributed by atoms with Crippen LogP contribution >= 0.6 is 0 Å². The number of hydrogen-bond acceptors (Lipinski definition) is 2. The first-order valence-electron chi connectivity index (χ1n) is 7.99. The maximum absolute atomic E-state index is 11.1. The van der Waals surface area contributed by atoms with Crippen LogP contribution < -0.4 is 0 Å². The average molecular weight is 344 g/mol. The minimum atomic E-state index is -0.967. The maximum atomic E-state index is 11.1. The molecule has 0 bridgehead atoms. The molecule has 0 aliphatic rings. The Kier molecular flexibility index (Phi) is 4.94. The SMILES string of the molecule is O=C(O)c1ccc(/C=C(/c2ccccc2)c2ccc(C(=O)O)cc2)cc1. The van der Waals surface area contributed by atoms with Gasteiger partial charge in [0.15, 0.2) is 0 Å². The third-order valence-electron chi connectivity index (χ3n) is 4.00. The second kappa shape index (κ2) is 7.49. The molecule has 4 heteroatoms. The second-order valence-corrected chi connectivity index (χ2v) is 5.73. The van der Waals surface area contributed by atoms with Gasteiger partial charge in [-0.05, 0) is 52.6 Å². The molecule has 2 N–H and O–H groups in total. The van der Waals surface area contributed by atoms with Crippen LogP contribution in [-0.4, -0.2) is 22.2 Å². The Morgan fingerprint density at radius 3 is 1.50 bits per heavy atom. The van der Waals surface area contributed by atoms with Gasteiger partial charge in [0.05, 0.1) is 11.1 Å². The Hall–Kier alpha value is -3.66. The lowest BCUT2D eigenvalue weighted by atomic mass is 9.95. The molecule has 0 heterocycles. The van der Waals surface area contributed by atoms with Crippen molar-refractivity contribution >= 4 is 23.6 Å². The van der Waals surface area contributed by atoms with Gasteiger partial charge in [-0.3, -0.25) is 0 Å². The lowest BCUT2D eigenvalue weighted by Crippen LogP contribution is -1.97. The molecule has 0 saturated heterocycles. The fourth-order valence-electron chi connectivity index (χ4n) is 2.63. The van der Waals surface area contributed by atoms with Gasteiger partial charge >= 0.3 is 11.9 Å². The fraction of sp³-hybridized carbons (Fsp3) is 0. The molecule has 0 fully saturated rings. The van der Waals surface area contributed by atoms with E-state index in [2.05, 4.69) is 0 Å².